The van der Waals surface area contributed by atoms with Gasteiger partial charge in [-0.05, 0) is 43.5 Å². The number of carbonyl (C=O) groups excluding carboxylic acids is 1. The van der Waals surface area contributed by atoms with Crippen LogP contribution < -0.4 is 5.32 Å². The molecule has 0 radical (unpaired) electrons. The van der Waals surface area contributed by atoms with E-state index in [4.69, 9.17) is 4.74 Å². The van der Waals surface area contributed by atoms with Gasteiger partial charge in [0.2, 0.25) is 5.91 Å². The zero-order chi connectivity index (χ0) is 17.5. The minimum Gasteiger partial charge on any atom is -0.386 e. The van der Waals surface area contributed by atoms with E-state index in [-0.39, 0.29) is 24.0 Å². The van der Waals surface area contributed by atoms with Gasteiger partial charge in [0.05, 0.1) is 12.2 Å². The lowest BCUT2D eigenvalue weighted by atomic mass is 9.68. The lowest BCUT2D eigenvalue weighted by Gasteiger charge is -2.52. The first-order valence-corrected chi connectivity index (χ1v) is 9.14. The third-order valence-corrected chi connectivity index (χ3v) is 5.85. The molecule has 5 heteroatoms. The summed E-state index contributed by atoms with van der Waals surface area (Å²) < 4.78 is 7.33. The zero-order valence-electron chi connectivity index (χ0n) is 14.3. The molecule has 1 aromatic carbocycles. The predicted molar refractivity (Wildman–Crippen MR) is 96.5 cm³/mol. The lowest BCUT2D eigenvalue weighted by molar-refractivity contribution is -0.165. The molecule has 4 nitrogen and oxygen atoms in total. The fourth-order valence-electron chi connectivity index (χ4n) is 4.03. The molecule has 2 N–H and O–H groups in total. The molecule has 1 aliphatic heterocycles. The number of ether oxygens (including phenoxy) is 1. The summed E-state index contributed by atoms with van der Waals surface area (Å²) in [5, 5.41) is 13.8. The number of aliphatic hydroxyl groups is 1. The molecule has 130 valence electrons. The maximum Gasteiger partial charge on any atom is 0.217 e. The van der Waals surface area contributed by atoms with E-state index in [0.29, 0.717) is 6.42 Å². The third kappa shape index (κ3) is 3.30. The Bertz CT molecular complexity index is 657. The van der Waals surface area contributed by atoms with Crippen molar-refractivity contribution in [2.24, 2.45) is 5.92 Å². The fourth-order valence-corrected chi connectivity index (χ4v) is 4.30. The number of nitrogens with one attached hydrogen (secondary N) is 1. The number of rotatable bonds is 2. The molecule has 1 heterocycles. The van der Waals surface area contributed by atoms with E-state index >= 15 is 0 Å². The first-order valence-electron chi connectivity index (χ1n) is 8.34. The number of aliphatic hydroxyl groups excluding tert-OH is 1. The monoisotopic (exact) mass is 393 g/mol. The number of benzene rings is 1. The topological polar surface area (TPSA) is 58.6 Å². The van der Waals surface area contributed by atoms with Crippen LogP contribution in [0.25, 0.3) is 0 Å². The summed E-state index contributed by atoms with van der Waals surface area (Å²) in [6, 6.07) is 8.04. The summed E-state index contributed by atoms with van der Waals surface area (Å²) in [7, 11) is 0. The van der Waals surface area contributed by atoms with Crippen molar-refractivity contribution in [1.82, 2.24) is 5.32 Å². The van der Waals surface area contributed by atoms with Crippen molar-refractivity contribution in [3.05, 3.63) is 46.0 Å². The minimum absolute atomic E-state index is 0.0477. The van der Waals surface area contributed by atoms with Crippen molar-refractivity contribution in [2.75, 3.05) is 0 Å². The molecule has 0 saturated carbocycles. The van der Waals surface area contributed by atoms with E-state index in [0.717, 1.165) is 22.0 Å². The van der Waals surface area contributed by atoms with Crippen LogP contribution in [0.5, 0.6) is 0 Å². The van der Waals surface area contributed by atoms with Gasteiger partial charge in [0.15, 0.2) is 0 Å². The van der Waals surface area contributed by atoms with Crippen LogP contribution in [0.2, 0.25) is 0 Å². The Morgan fingerprint density at radius 3 is 2.67 bits per heavy atom. The van der Waals surface area contributed by atoms with Crippen LogP contribution in [0.4, 0.5) is 0 Å². The summed E-state index contributed by atoms with van der Waals surface area (Å²) >= 11 is 3.45. The van der Waals surface area contributed by atoms with Crippen molar-refractivity contribution in [3.8, 4) is 0 Å². The van der Waals surface area contributed by atoms with Gasteiger partial charge >= 0.3 is 0 Å². The van der Waals surface area contributed by atoms with Gasteiger partial charge in [-0.3, -0.25) is 4.79 Å². The predicted octanol–water partition coefficient (Wildman–Crippen LogP) is 3.50. The van der Waals surface area contributed by atoms with Crippen LogP contribution in [0.15, 0.2) is 40.4 Å². The van der Waals surface area contributed by atoms with Gasteiger partial charge < -0.3 is 15.2 Å². The summed E-state index contributed by atoms with van der Waals surface area (Å²) in [5.74, 6) is 0.0141. The van der Waals surface area contributed by atoms with Crippen LogP contribution in [0.1, 0.15) is 45.3 Å². The average Bonchev–Trinajstić information content (AvgIpc) is 2.50. The summed E-state index contributed by atoms with van der Waals surface area (Å²) in [6.45, 7) is 5.55. The van der Waals surface area contributed by atoms with Crippen LogP contribution in [-0.2, 0) is 9.53 Å². The van der Waals surface area contributed by atoms with Crippen LogP contribution in [0.3, 0.4) is 0 Å². The first-order chi connectivity index (χ1) is 11.3. The molecule has 1 aliphatic carbocycles. The Morgan fingerprint density at radius 2 is 2.04 bits per heavy atom. The summed E-state index contributed by atoms with van der Waals surface area (Å²) in [5.41, 5.74) is 1.59. The molecule has 5 atom stereocenters. The highest BCUT2D eigenvalue weighted by molar-refractivity contribution is 9.10. The van der Waals surface area contributed by atoms with E-state index in [9.17, 15) is 9.90 Å². The number of fused-ring (bicyclic) bond motifs is 1. The third-order valence-electron chi connectivity index (χ3n) is 5.32. The SMILES string of the molecule is CC(=O)N[C@]1(C)C[C@@H](c2ccc(Br)cc2)O[C@H]2[C@H](O)C(C)=CC[C@H]21. The largest absolute Gasteiger partial charge is 0.386 e. The molecule has 0 aromatic heterocycles. The molecule has 2 aliphatic rings. The summed E-state index contributed by atoms with van der Waals surface area (Å²) in [4.78, 5) is 11.8. The quantitative estimate of drug-likeness (QED) is 0.755. The van der Waals surface area contributed by atoms with Crippen LogP contribution in [0, 0.1) is 5.92 Å². The second-order valence-electron chi connectivity index (χ2n) is 7.18. The normalized spacial score (nSPS) is 35.8. The molecule has 1 fully saturated rings. The van der Waals surface area contributed by atoms with Gasteiger partial charge in [0.25, 0.3) is 0 Å². The van der Waals surface area contributed by atoms with Crippen LogP contribution >= 0.6 is 15.9 Å². The van der Waals surface area contributed by atoms with Crippen molar-refractivity contribution in [3.63, 3.8) is 0 Å². The van der Waals surface area contributed by atoms with Crippen molar-refractivity contribution in [1.29, 1.82) is 0 Å². The molecule has 0 spiro atoms. The number of carbonyl (C=O) groups is 1. The van der Waals surface area contributed by atoms with Gasteiger partial charge in [-0.2, -0.15) is 0 Å². The second kappa shape index (κ2) is 6.62. The van der Waals surface area contributed by atoms with Gasteiger partial charge in [0, 0.05) is 29.3 Å². The van der Waals surface area contributed by atoms with Crippen molar-refractivity contribution in [2.45, 2.75) is 57.5 Å². The molecule has 1 amide bonds. The van der Waals surface area contributed by atoms with Gasteiger partial charge in [-0.1, -0.05) is 34.1 Å². The number of halogens is 1. The smallest absolute Gasteiger partial charge is 0.217 e. The molecule has 0 bridgehead atoms. The Kier molecular flexibility index (Phi) is 4.87. The first kappa shape index (κ1) is 17.6. The Hall–Kier alpha value is -1.17. The molecule has 1 aromatic rings. The lowest BCUT2D eigenvalue weighted by Crippen LogP contribution is -2.62. The molecular formula is C19H24BrNO3. The minimum atomic E-state index is -0.630. The van der Waals surface area contributed by atoms with E-state index in [1.54, 1.807) is 6.92 Å². The maximum atomic E-state index is 11.8. The van der Waals surface area contributed by atoms with Gasteiger partial charge in [0.1, 0.15) is 6.10 Å². The zero-order valence-corrected chi connectivity index (χ0v) is 15.8. The maximum absolute atomic E-state index is 11.8. The average molecular weight is 394 g/mol. The van der Waals surface area contributed by atoms with E-state index in [1.165, 1.54) is 0 Å². The molecule has 0 unspecified atom stereocenters. The highest BCUT2D eigenvalue weighted by atomic mass is 79.9. The highest BCUT2D eigenvalue weighted by Crippen LogP contribution is 2.46. The Balaban J connectivity index is 1.96. The highest BCUT2D eigenvalue weighted by Gasteiger charge is 2.50. The van der Waals surface area contributed by atoms with E-state index in [1.807, 2.05) is 31.2 Å². The summed E-state index contributed by atoms with van der Waals surface area (Å²) in [6.07, 6.45) is 2.46. The number of amides is 1. The number of allylic oxidation sites excluding steroid dienone is 1. The number of hydrogen-bond donors (Lipinski definition) is 2. The van der Waals surface area contributed by atoms with Crippen LogP contribution in [-0.4, -0.2) is 28.8 Å². The second-order valence-corrected chi connectivity index (χ2v) is 8.09. The van der Waals surface area contributed by atoms with Gasteiger partial charge in [-0.25, -0.2) is 0 Å². The molecule has 1 saturated heterocycles. The Labute approximate surface area is 151 Å². The Morgan fingerprint density at radius 1 is 1.38 bits per heavy atom. The van der Waals surface area contributed by atoms with Crippen molar-refractivity contribution < 1.29 is 14.6 Å². The molecule has 24 heavy (non-hydrogen) atoms. The molecular weight excluding hydrogens is 370 g/mol. The molecule has 3 rings (SSSR count). The standard InChI is InChI=1S/C19H24BrNO3/c1-11-4-9-15-18(17(11)23)24-16(10-19(15,3)21-12(2)22)13-5-7-14(20)8-6-13/h4-8,15-18,23H,9-10H2,1-3H3,(H,21,22)/t15-,16+,17-,18-,19-/m1/s1. The number of hydrogen-bond acceptors (Lipinski definition) is 3. The van der Waals surface area contributed by atoms with Gasteiger partial charge in [-0.15, -0.1) is 0 Å². The van der Waals surface area contributed by atoms with E-state index in [2.05, 4.69) is 34.2 Å². The fraction of sp³-hybridized carbons (Fsp3) is 0.526. The van der Waals surface area contributed by atoms with Crippen molar-refractivity contribution >= 4 is 21.8 Å². The van der Waals surface area contributed by atoms with E-state index < -0.39 is 11.6 Å².